The van der Waals surface area contributed by atoms with E-state index in [1.54, 1.807) is 0 Å². The van der Waals surface area contributed by atoms with Gasteiger partial charge in [-0.15, -0.1) is 0 Å². The standard InChI is InChI=1S/C24H25NO2/c26-23(17-21-11-6-10-18-7-4-5-12-22(18)21)25-15-13-20(14-16-25)24(27)19-8-2-1-3-9-19/h1-12,20,24,27H,13-17H2/t24-/m0/s1. The average molecular weight is 359 g/mol. The molecule has 0 spiro atoms. The summed E-state index contributed by atoms with van der Waals surface area (Å²) in [6.45, 7) is 1.44. The van der Waals surface area contributed by atoms with Crippen molar-refractivity contribution in [1.82, 2.24) is 4.90 Å². The van der Waals surface area contributed by atoms with E-state index in [9.17, 15) is 9.90 Å². The van der Waals surface area contributed by atoms with Gasteiger partial charge in [-0.05, 0) is 40.7 Å². The number of fused-ring (bicyclic) bond motifs is 1. The van der Waals surface area contributed by atoms with Crippen LogP contribution in [0.25, 0.3) is 10.8 Å². The van der Waals surface area contributed by atoms with Gasteiger partial charge in [0.25, 0.3) is 0 Å². The fourth-order valence-electron chi connectivity index (χ4n) is 4.11. The van der Waals surface area contributed by atoms with Gasteiger partial charge in [0, 0.05) is 13.1 Å². The number of carbonyl (C=O) groups is 1. The summed E-state index contributed by atoms with van der Waals surface area (Å²) in [5.74, 6) is 0.396. The fraction of sp³-hybridized carbons (Fsp3) is 0.292. The van der Waals surface area contributed by atoms with Gasteiger partial charge in [-0.1, -0.05) is 72.8 Å². The second kappa shape index (κ2) is 7.93. The maximum Gasteiger partial charge on any atom is 0.227 e. The molecule has 1 aliphatic heterocycles. The summed E-state index contributed by atoms with van der Waals surface area (Å²) in [4.78, 5) is 14.8. The minimum atomic E-state index is -0.443. The molecule has 0 unspecified atom stereocenters. The lowest BCUT2D eigenvalue weighted by atomic mass is 9.87. The first-order chi connectivity index (χ1) is 13.2. The molecule has 1 saturated heterocycles. The van der Waals surface area contributed by atoms with E-state index in [0.717, 1.165) is 42.4 Å². The summed E-state index contributed by atoms with van der Waals surface area (Å²) in [5, 5.41) is 12.9. The van der Waals surface area contributed by atoms with Crippen LogP contribution in [0.5, 0.6) is 0 Å². The number of carbonyl (C=O) groups excluding carboxylic acids is 1. The molecular weight excluding hydrogens is 334 g/mol. The number of aliphatic hydroxyl groups excluding tert-OH is 1. The maximum absolute atomic E-state index is 12.8. The van der Waals surface area contributed by atoms with Gasteiger partial charge >= 0.3 is 0 Å². The van der Waals surface area contributed by atoms with Crippen molar-refractivity contribution in [1.29, 1.82) is 0 Å². The van der Waals surface area contributed by atoms with Crippen LogP contribution < -0.4 is 0 Å². The summed E-state index contributed by atoms with van der Waals surface area (Å²) in [5.41, 5.74) is 2.06. The van der Waals surface area contributed by atoms with E-state index in [-0.39, 0.29) is 11.8 Å². The van der Waals surface area contributed by atoms with Crippen molar-refractivity contribution in [3.63, 3.8) is 0 Å². The lowest BCUT2D eigenvalue weighted by molar-refractivity contribution is -0.132. The molecule has 0 saturated carbocycles. The number of piperidine rings is 1. The van der Waals surface area contributed by atoms with Crippen LogP contribution in [-0.4, -0.2) is 29.0 Å². The zero-order chi connectivity index (χ0) is 18.6. The van der Waals surface area contributed by atoms with Crippen LogP contribution in [0.1, 0.15) is 30.1 Å². The molecule has 1 atom stereocenters. The highest BCUT2D eigenvalue weighted by Crippen LogP contribution is 2.31. The first kappa shape index (κ1) is 17.7. The molecule has 4 rings (SSSR count). The van der Waals surface area contributed by atoms with E-state index in [1.165, 1.54) is 5.39 Å². The Kier molecular flexibility index (Phi) is 5.21. The van der Waals surface area contributed by atoms with Gasteiger partial charge in [0.1, 0.15) is 0 Å². The minimum absolute atomic E-state index is 0.180. The second-order valence-corrected chi connectivity index (χ2v) is 7.39. The molecule has 0 aromatic heterocycles. The highest BCUT2D eigenvalue weighted by molar-refractivity contribution is 5.90. The van der Waals surface area contributed by atoms with Gasteiger partial charge in [0.2, 0.25) is 5.91 Å². The Morgan fingerprint density at radius 1 is 0.926 bits per heavy atom. The Labute approximate surface area is 160 Å². The molecule has 1 aliphatic rings. The van der Waals surface area contributed by atoms with Gasteiger partial charge in [0.15, 0.2) is 0 Å². The van der Waals surface area contributed by atoms with E-state index in [1.807, 2.05) is 59.5 Å². The van der Waals surface area contributed by atoms with Crippen molar-refractivity contribution in [2.45, 2.75) is 25.4 Å². The highest BCUT2D eigenvalue weighted by atomic mass is 16.3. The van der Waals surface area contributed by atoms with E-state index in [4.69, 9.17) is 0 Å². The summed E-state index contributed by atoms with van der Waals surface area (Å²) in [6.07, 6.45) is 1.68. The number of aliphatic hydroxyl groups is 1. The molecule has 1 N–H and O–H groups in total. The summed E-state index contributed by atoms with van der Waals surface area (Å²) < 4.78 is 0. The summed E-state index contributed by atoms with van der Waals surface area (Å²) in [7, 11) is 0. The SMILES string of the molecule is O=C(Cc1cccc2ccccc12)N1CCC([C@@H](O)c2ccccc2)CC1. The zero-order valence-electron chi connectivity index (χ0n) is 15.4. The van der Waals surface area contributed by atoms with Gasteiger partial charge in [-0.3, -0.25) is 4.79 Å². The predicted octanol–water partition coefficient (Wildman–Crippen LogP) is 4.35. The molecule has 0 aliphatic carbocycles. The van der Waals surface area contributed by atoms with Crippen molar-refractivity contribution in [2.24, 2.45) is 5.92 Å². The molecule has 0 radical (unpaired) electrons. The molecule has 3 nitrogen and oxygen atoms in total. The molecule has 3 heteroatoms. The van der Waals surface area contributed by atoms with Crippen molar-refractivity contribution in [2.75, 3.05) is 13.1 Å². The Balaban J connectivity index is 1.39. The minimum Gasteiger partial charge on any atom is -0.388 e. The van der Waals surface area contributed by atoms with Crippen LogP contribution in [-0.2, 0) is 11.2 Å². The van der Waals surface area contributed by atoms with Crippen molar-refractivity contribution < 1.29 is 9.90 Å². The lowest BCUT2D eigenvalue weighted by Crippen LogP contribution is -2.40. The number of benzene rings is 3. The quantitative estimate of drug-likeness (QED) is 0.752. The van der Waals surface area contributed by atoms with E-state index in [0.29, 0.717) is 6.42 Å². The molecule has 1 amide bonds. The maximum atomic E-state index is 12.8. The van der Waals surface area contributed by atoms with Crippen LogP contribution in [0.3, 0.4) is 0 Å². The monoisotopic (exact) mass is 359 g/mol. The number of likely N-dealkylation sites (tertiary alicyclic amines) is 1. The van der Waals surface area contributed by atoms with Crippen LogP contribution in [0.15, 0.2) is 72.8 Å². The third kappa shape index (κ3) is 3.88. The number of rotatable bonds is 4. The average Bonchev–Trinajstić information content (AvgIpc) is 2.74. The van der Waals surface area contributed by atoms with Crippen molar-refractivity contribution >= 4 is 16.7 Å². The first-order valence-electron chi connectivity index (χ1n) is 9.70. The van der Waals surface area contributed by atoms with Gasteiger partial charge in [-0.2, -0.15) is 0 Å². The third-order valence-electron chi connectivity index (χ3n) is 5.70. The molecule has 0 bridgehead atoms. The highest BCUT2D eigenvalue weighted by Gasteiger charge is 2.28. The normalized spacial score (nSPS) is 16.4. The Bertz CT molecular complexity index is 909. The molecule has 1 heterocycles. The Morgan fingerprint density at radius 3 is 2.37 bits per heavy atom. The van der Waals surface area contributed by atoms with E-state index >= 15 is 0 Å². The smallest absolute Gasteiger partial charge is 0.227 e. The third-order valence-corrected chi connectivity index (χ3v) is 5.70. The number of hydrogen-bond donors (Lipinski definition) is 1. The lowest BCUT2D eigenvalue weighted by Gasteiger charge is -2.34. The second-order valence-electron chi connectivity index (χ2n) is 7.39. The summed E-state index contributed by atoms with van der Waals surface area (Å²) >= 11 is 0. The number of nitrogens with zero attached hydrogens (tertiary/aromatic N) is 1. The molecule has 27 heavy (non-hydrogen) atoms. The molecule has 3 aromatic carbocycles. The van der Waals surface area contributed by atoms with E-state index < -0.39 is 6.10 Å². The van der Waals surface area contributed by atoms with Gasteiger partial charge < -0.3 is 10.0 Å². The van der Waals surface area contributed by atoms with Crippen LogP contribution in [0.2, 0.25) is 0 Å². The van der Waals surface area contributed by atoms with Crippen LogP contribution in [0.4, 0.5) is 0 Å². The molecular formula is C24H25NO2. The van der Waals surface area contributed by atoms with E-state index in [2.05, 4.69) is 18.2 Å². The van der Waals surface area contributed by atoms with Crippen LogP contribution >= 0.6 is 0 Å². The topological polar surface area (TPSA) is 40.5 Å². The molecule has 138 valence electrons. The van der Waals surface area contributed by atoms with Gasteiger partial charge in [-0.25, -0.2) is 0 Å². The number of hydrogen-bond acceptors (Lipinski definition) is 2. The van der Waals surface area contributed by atoms with Gasteiger partial charge in [0.05, 0.1) is 12.5 Å². The fourth-order valence-corrected chi connectivity index (χ4v) is 4.11. The first-order valence-corrected chi connectivity index (χ1v) is 9.70. The predicted molar refractivity (Wildman–Crippen MR) is 108 cm³/mol. The van der Waals surface area contributed by atoms with Crippen molar-refractivity contribution in [3.05, 3.63) is 83.9 Å². The largest absolute Gasteiger partial charge is 0.388 e. The Morgan fingerprint density at radius 2 is 1.59 bits per heavy atom. The zero-order valence-corrected chi connectivity index (χ0v) is 15.4. The van der Waals surface area contributed by atoms with Crippen LogP contribution in [0, 0.1) is 5.92 Å². The summed E-state index contributed by atoms with van der Waals surface area (Å²) in [6, 6.07) is 24.2. The molecule has 1 fully saturated rings. The molecule has 3 aromatic rings. The number of amides is 1. The van der Waals surface area contributed by atoms with Crippen molar-refractivity contribution in [3.8, 4) is 0 Å². The Hall–Kier alpha value is -2.65.